The van der Waals surface area contributed by atoms with Crippen LogP contribution in [0.5, 0.6) is 5.75 Å². The molecule has 2 aromatic carbocycles. The molecule has 0 saturated carbocycles. The molecule has 5 nitrogen and oxygen atoms in total. The Kier molecular flexibility index (Phi) is 7.47. The molecule has 184 valence electrons. The highest BCUT2D eigenvalue weighted by Crippen LogP contribution is 2.34. The second-order valence-corrected chi connectivity index (χ2v) is 10.9. The predicted octanol–water partition coefficient (Wildman–Crippen LogP) is 5.99. The van der Waals surface area contributed by atoms with Crippen LogP contribution < -0.4 is 4.74 Å². The van der Waals surface area contributed by atoms with Gasteiger partial charge in [0, 0.05) is 27.5 Å². The Hall–Kier alpha value is -2.90. The number of thiophene rings is 1. The van der Waals surface area contributed by atoms with E-state index in [0.717, 1.165) is 12.0 Å². The zero-order valence-corrected chi connectivity index (χ0v) is 21.5. The van der Waals surface area contributed by atoms with Gasteiger partial charge >= 0.3 is 0 Å². The molecule has 0 aliphatic carbocycles. The molecule has 2 amide bonds. The van der Waals surface area contributed by atoms with Gasteiger partial charge in [-0.1, -0.05) is 17.7 Å². The van der Waals surface area contributed by atoms with E-state index in [4.69, 9.17) is 16.3 Å². The first-order valence-electron chi connectivity index (χ1n) is 11.4. The monoisotopic (exact) mass is 514 g/mol. The van der Waals surface area contributed by atoms with Crippen molar-refractivity contribution >= 4 is 34.8 Å². The summed E-state index contributed by atoms with van der Waals surface area (Å²) in [6.45, 7) is 6.30. The maximum atomic E-state index is 13.8. The van der Waals surface area contributed by atoms with E-state index in [1.54, 1.807) is 46.6 Å². The molecule has 2 heterocycles. The highest BCUT2D eigenvalue weighted by atomic mass is 35.5. The number of benzene rings is 2. The third-order valence-corrected chi connectivity index (χ3v) is 7.31. The molecule has 1 aliphatic rings. The summed E-state index contributed by atoms with van der Waals surface area (Å²) >= 11 is 7.66. The molecule has 35 heavy (non-hydrogen) atoms. The summed E-state index contributed by atoms with van der Waals surface area (Å²) in [5.41, 5.74) is 0.647. The number of rotatable bonds is 6. The number of fused-ring (bicyclic) bond motifs is 1. The number of amides is 2. The first-order chi connectivity index (χ1) is 16.6. The lowest BCUT2D eigenvalue weighted by molar-refractivity contribution is -0.136. The van der Waals surface area contributed by atoms with Gasteiger partial charge in [0.1, 0.15) is 24.7 Å². The zero-order valence-electron chi connectivity index (χ0n) is 20.0. The van der Waals surface area contributed by atoms with Crippen LogP contribution in [0.25, 0.3) is 0 Å². The van der Waals surface area contributed by atoms with Crippen molar-refractivity contribution in [2.24, 2.45) is 0 Å². The molecule has 1 aliphatic heterocycles. The molecule has 0 fully saturated rings. The van der Waals surface area contributed by atoms with Crippen LogP contribution >= 0.6 is 22.9 Å². The SMILES string of the molecule is CC(C)(C)N(CC(=O)N1CCc2sccc2[C@@H]1COc1ccc(Cl)cc1)C(=O)c1cccc(F)c1. The fourth-order valence-corrected chi connectivity index (χ4v) is 5.25. The third-order valence-electron chi connectivity index (χ3n) is 6.06. The fraction of sp³-hybridized carbons (Fsp3) is 0.333. The van der Waals surface area contributed by atoms with Crippen LogP contribution in [-0.4, -0.2) is 46.8 Å². The van der Waals surface area contributed by atoms with Gasteiger partial charge in [-0.2, -0.15) is 0 Å². The average Bonchev–Trinajstić information content (AvgIpc) is 3.30. The van der Waals surface area contributed by atoms with Gasteiger partial charge in [0.2, 0.25) is 5.91 Å². The standard InChI is InChI=1S/C27H28ClFN2O3S/c1-27(2,3)31(26(33)18-5-4-6-20(29)15-18)16-25(32)30-13-11-24-22(12-14-35-24)23(30)17-34-21-9-7-19(28)8-10-21/h4-10,12,14-15,23H,11,13,16-17H2,1-3H3/t23-/m0/s1. The number of hydrogen-bond acceptors (Lipinski definition) is 4. The smallest absolute Gasteiger partial charge is 0.254 e. The highest BCUT2D eigenvalue weighted by Gasteiger charge is 2.36. The van der Waals surface area contributed by atoms with E-state index >= 15 is 0 Å². The second-order valence-electron chi connectivity index (χ2n) is 9.49. The van der Waals surface area contributed by atoms with E-state index in [2.05, 4.69) is 0 Å². The number of carbonyl (C=O) groups excluding carboxylic acids is 2. The quantitative estimate of drug-likeness (QED) is 0.406. The summed E-state index contributed by atoms with van der Waals surface area (Å²) in [5.74, 6) is -0.378. The molecule has 0 saturated heterocycles. The summed E-state index contributed by atoms with van der Waals surface area (Å²) in [6.07, 6.45) is 0.754. The molecular weight excluding hydrogens is 487 g/mol. The number of carbonyl (C=O) groups is 2. The third kappa shape index (κ3) is 5.85. The molecule has 1 atom stereocenters. The average molecular weight is 515 g/mol. The lowest BCUT2D eigenvalue weighted by atomic mass is 9.99. The van der Waals surface area contributed by atoms with Crippen LogP contribution in [0.1, 0.15) is 47.6 Å². The minimum atomic E-state index is -0.641. The second kappa shape index (κ2) is 10.4. The lowest BCUT2D eigenvalue weighted by Gasteiger charge is -2.40. The lowest BCUT2D eigenvalue weighted by Crippen LogP contribution is -2.53. The first kappa shape index (κ1) is 25.2. The van der Waals surface area contributed by atoms with Crippen molar-refractivity contribution in [2.75, 3.05) is 19.7 Å². The largest absolute Gasteiger partial charge is 0.491 e. The van der Waals surface area contributed by atoms with Crippen molar-refractivity contribution in [1.29, 1.82) is 0 Å². The molecule has 4 rings (SSSR count). The van der Waals surface area contributed by atoms with Gasteiger partial charge < -0.3 is 14.5 Å². The number of nitrogens with zero attached hydrogens (tertiary/aromatic N) is 2. The number of ether oxygens (including phenoxy) is 1. The van der Waals surface area contributed by atoms with Gasteiger partial charge in [0.25, 0.3) is 5.91 Å². The van der Waals surface area contributed by atoms with Gasteiger partial charge in [-0.05, 0) is 86.7 Å². The van der Waals surface area contributed by atoms with Crippen molar-refractivity contribution in [3.8, 4) is 5.75 Å². The fourth-order valence-electron chi connectivity index (χ4n) is 4.20. The minimum Gasteiger partial charge on any atom is -0.491 e. The number of halogens is 2. The van der Waals surface area contributed by atoms with Crippen molar-refractivity contribution in [2.45, 2.75) is 38.8 Å². The minimum absolute atomic E-state index is 0.115. The normalized spacial score (nSPS) is 15.5. The first-order valence-corrected chi connectivity index (χ1v) is 12.7. The van der Waals surface area contributed by atoms with E-state index in [1.807, 2.05) is 32.2 Å². The zero-order chi connectivity index (χ0) is 25.2. The Morgan fingerprint density at radius 3 is 2.60 bits per heavy atom. The Bertz CT molecular complexity index is 1210. The molecule has 0 unspecified atom stereocenters. The maximum absolute atomic E-state index is 13.8. The Morgan fingerprint density at radius 2 is 1.91 bits per heavy atom. The van der Waals surface area contributed by atoms with Gasteiger partial charge in [-0.15, -0.1) is 11.3 Å². The van der Waals surface area contributed by atoms with Gasteiger partial charge in [0.15, 0.2) is 0 Å². The molecular formula is C27H28ClFN2O3S. The molecule has 8 heteroatoms. The molecule has 3 aromatic rings. The maximum Gasteiger partial charge on any atom is 0.254 e. The van der Waals surface area contributed by atoms with Crippen LogP contribution in [0.2, 0.25) is 5.02 Å². The highest BCUT2D eigenvalue weighted by molar-refractivity contribution is 7.10. The Labute approximate surface area is 214 Å². The molecule has 0 bridgehead atoms. The summed E-state index contributed by atoms with van der Waals surface area (Å²) in [7, 11) is 0. The topological polar surface area (TPSA) is 49.9 Å². The summed E-state index contributed by atoms with van der Waals surface area (Å²) in [4.78, 5) is 31.5. The van der Waals surface area contributed by atoms with Gasteiger partial charge in [-0.25, -0.2) is 4.39 Å². The van der Waals surface area contributed by atoms with Crippen molar-refractivity contribution in [3.05, 3.63) is 86.8 Å². The predicted molar refractivity (Wildman–Crippen MR) is 137 cm³/mol. The van der Waals surface area contributed by atoms with Gasteiger partial charge in [0.05, 0.1) is 6.04 Å². The van der Waals surface area contributed by atoms with E-state index < -0.39 is 11.4 Å². The van der Waals surface area contributed by atoms with E-state index in [9.17, 15) is 14.0 Å². The Morgan fingerprint density at radius 1 is 1.17 bits per heavy atom. The number of hydrogen-bond donors (Lipinski definition) is 0. The molecule has 0 N–H and O–H groups in total. The van der Waals surface area contributed by atoms with E-state index in [1.165, 1.54) is 28.0 Å². The van der Waals surface area contributed by atoms with Crippen molar-refractivity contribution < 1.29 is 18.7 Å². The van der Waals surface area contributed by atoms with E-state index in [0.29, 0.717) is 17.3 Å². The summed E-state index contributed by atoms with van der Waals surface area (Å²) < 4.78 is 19.8. The molecule has 0 radical (unpaired) electrons. The van der Waals surface area contributed by atoms with Crippen LogP contribution in [0.15, 0.2) is 60.0 Å². The molecule has 1 aromatic heterocycles. The van der Waals surface area contributed by atoms with Crippen LogP contribution in [0.4, 0.5) is 4.39 Å². The summed E-state index contributed by atoms with van der Waals surface area (Å²) in [5, 5.41) is 2.65. The van der Waals surface area contributed by atoms with Crippen LogP contribution in [0.3, 0.4) is 0 Å². The summed E-state index contributed by atoms with van der Waals surface area (Å²) in [6, 6.07) is 14.4. The van der Waals surface area contributed by atoms with Crippen molar-refractivity contribution in [3.63, 3.8) is 0 Å². The molecule has 0 spiro atoms. The Balaban J connectivity index is 1.56. The van der Waals surface area contributed by atoms with Crippen LogP contribution in [0, 0.1) is 5.82 Å². The van der Waals surface area contributed by atoms with E-state index in [-0.39, 0.29) is 36.6 Å². The van der Waals surface area contributed by atoms with Gasteiger partial charge in [-0.3, -0.25) is 9.59 Å². The van der Waals surface area contributed by atoms with Crippen LogP contribution in [-0.2, 0) is 11.2 Å². The van der Waals surface area contributed by atoms with Crippen molar-refractivity contribution in [1.82, 2.24) is 9.80 Å².